The van der Waals surface area contributed by atoms with Crippen LogP contribution in [0.15, 0.2) is 0 Å². The smallest absolute Gasteiger partial charge is 0.227 e. The molecule has 1 unspecified atom stereocenters. The molecule has 1 atom stereocenters. The van der Waals surface area contributed by atoms with Crippen molar-refractivity contribution in [3.8, 4) is 0 Å². The maximum atomic E-state index is 12.2. The fourth-order valence-corrected chi connectivity index (χ4v) is 2.91. The summed E-state index contributed by atoms with van der Waals surface area (Å²) in [5.41, 5.74) is 5.43. The fourth-order valence-electron chi connectivity index (χ4n) is 2.91. The molecule has 2 fully saturated rings. The van der Waals surface area contributed by atoms with Crippen LogP contribution >= 0.6 is 0 Å². The van der Waals surface area contributed by atoms with Crippen molar-refractivity contribution in [2.75, 3.05) is 13.2 Å². The largest absolute Gasteiger partial charge is 0.375 e. The first kappa shape index (κ1) is 13.8. The van der Waals surface area contributed by atoms with Crippen molar-refractivity contribution in [1.29, 1.82) is 0 Å². The van der Waals surface area contributed by atoms with Crippen molar-refractivity contribution in [1.82, 2.24) is 5.32 Å². The van der Waals surface area contributed by atoms with E-state index < -0.39 is 0 Å². The average molecular weight is 254 g/mol. The third-order valence-electron chi connectivity index (χ3n) is 4.84. The van der Waals surface area contributed by atoms with Gasteiger partial charge < -0.3 is 15.8 Å². The standard InChI is InChI=1S/C14H26N2O2/c1-3-14(4-2)9-11(5-8-18-14)16-12(17)13(10-15)6-7-13/h11H,3-10,15H2,1-2H3,(H,16,17). The number of ether oxygens (including phenoxy) is 1. The van der Waals surface area contributed by atoms with Crippen molar-refractivity contribution in [2.45, 2.75) is 64.0 Å². The van der Waals surface area contributed by atoms with Crippen LogP contribution in [0.3, 0.4) is 0 Å². The molecule has 0 aromatic carbocycles. The second-order valence-electron chi connectivity index (χ2n) is 5.89. The Morgan fingerprint density at radius 2 is 2.06 bits per heavy atom. The number of hydrogen-bond donors (Lipinski definition) is 2. The molecule has 104 valence electrons. The number of hydrogen-bond acceptors (Lipinski definition) is 3. The van der Waals surface area contributed by atoms with Crippen molar-refractivity contribution in [3.05, 3.63) is 0 Å². The predicted octanol–water partition coefficient (Wildman–Crippen LogP) is 1.58. The van der Waals surface area contributed by atoms with E-state index in [1.165, 1.54) is 0 Å². The summed E-state index contributed by atoms with van der Waals surface area (Å²) >= 11 is 0. The maximum Gasteiger partial charge on any atom is 0.227 e. The summed E-state index contributed by atoms with van der Waals surface area (Å²) in [6.07, 6.45) is 5.78. The summed E-state index contributed by atoms with van der Waals surface area (Å²) in [6.45, 7) is 5.56. The first-order chi connectivity index (χ1) is 8.60. The highest BCUT2D eigenvalue weighted by Gasteiger charge is 2.49. The van der Waals surface area contributed by atoms with Gasteiger partial charge in [0.25, 0.3) is 0 Å². The van der Waals surface area contributed by atoms with Gasteiger partial charge in [-0.05, 0) is 38.5 Å². The minimum Gasteiger partial charge on any atom is -0.375 e. The quantitative estimate of drug-likeness (QED) is 0.783. The molecule has 4 heteroatoms. The molecule has 0 spiro atoms. The van der Waals surface area contributed by atoms with Gasteiger partial charge in [0.05, 0.1) is 11.0 Å². The Kier molecular flexibility index (Phi) is 3.97. The van der Waals surface area contributed by atoms with Crippen LogP contribution in [0.4, 0.5) is 0 Å². The Labute approximate surface area is 110 Å². The lowest BCUT2D eigenvalue weighted by Crippen LogP contribution is -2.50. The lowest BCUT2D eigenvalue weighted by Gasteiger charge is -2.40. The topological polar surface area (TPSA) is 64.4 Å². The number of rotatable bonds is 5. The van der Waals surface area contributed by atoms with Gasteiger partial charge in [-0.25, -0.2) is 0 Å². The number of amides is 1. The number of carbonyl (C=O) groups is 1. The molecule has 4 nitrogen and oxygen atoms in total. The first-order valence-corrected chi connectivity index (χ1v) is 7.25. The van der Waals surface area contributed by atoms with Crippen LogP contribution in [-0.2, 0) is 9.53 Å². The number of carbonyl (C=O) groups excluding carboxylic acids is 1. The van der Waals surface area contributed by atoms with Gasteiger partial charge >= 0.3 is 0 Å². The minimum atomic E-state index is -0.237. The molecule has 1 saturated heterocycles. The molecular formula is C14H26N2O2. The molecule has 0 bridgehead atoms. The zero-order valence-corrected chi connectivity index (χ0v) is 11.6. The van der Waals surface area contributed by atoms with Gasteiger partial charge in [0, 0.05) is 19.2 Å². The van der Waals surface area contributed by atoms with Crippen LogP contribution in [0, 0.1) is 5.41 Å². The zero-order chi connectivity index (χ0) is 13.2. The molecule has 1 amide bonds. The van der Waals surface area contributed by atoms with Gasteiger partial charge in [0.15, 0.2) is 0 Å². The molecule has 2 rings (SSSR count). The Morgan fingerprint density at radius 3 is 2.56 bits per heavy atom. The van der Waals surface area contributed by atoms with E-state index >= 15 is 0 Å². The van der Waals surface area contributed by atoms with E-state index in [4.69, 9.17) is 10.5 Å². The molecule has 0 aromatic rings. The molecule has 0 radical (unpaired) electrons. The molecule has 18 heavy (non-hydrogen) atoms. The zero-order valence-electron chi connectivity index (χ0n) is 11.6. The summed E-state index contributed by atoms with van der Waals surface area (Å²) in [7, 11) is 0. The second-order valence-corrected chi connectivity index (χ2v) is 5.89. The Morgan fingerprint density at radius 1 is 1.39 bits per heavy atom. The molecule has 1 heterocycles. The van der Waals surface area contributed by atoms with E-state index in [1.807, 2.05) is 0 Å². The highest BCUT2D eigenvalue weighted by Crippen LogP contribution is 2.45. The molecule has 2 aliphatic rings. The van der Waals surface area contributed by atoms with Crippen LogP contribution < -0.4 is 11.1 Å². The molecular weight excluding hydrogens is 228 g/mol. The summed E-state index contributed by atoms with van der Waals surface area (Å²) in [6, 6.07) is 0.259. The van der Waals surface area contributed by atoms with E-state index in [0.29, 0.717) is 6.54 Å². The van der Waals surface area contributed by atoms with Gasteiger partial charge in [-0.1, -0.05) is 13.8 Å². The summed E-state index contributed by atoms with van der Waals surface area (Å²) < 4.78 is 5.93. The van der Waals surface area contributed by atoms with Crippen LogP contribution in [-0.4, -0.2) is 30.7 Å². The third-order valence-corrected chi connectivity index (χ3v) is 4.84. The third kappa shape index (κ3) is 2.54. The fraction of sp³-hybridized carbons (Fsp3) is 0.929. The lowest BCUT2D eigenvalue weighted by atomic mass is 9.85. The summed E-state index contributed by atoms with van der Waals surface area (Å²) in [5, 5.41) is 3.20. The van der Waals surface area contributed by atoms with Crippen molar-refractivity contribution < 1.29 is 9.53 Å². The van der Waals surface area contributed by atoms with Gasteiger partial charge in [0.2, 0.25) is 5.91 Å². The predicted molar refractivity (Wildman–Crippen MR) is 71.2 cm³/mol. The van der Waals surface area contributed by atoms with Crippen LogP contribution in [0.1, 0.15) is 52.4 Å². The van der Waals surface area contributed by atoms with Crippen LogP contribution in [0.5, 0.6) is 0 Å². The normalized spacial score (nSPS) is 28.7. The lowest BCUT2D eigenvalue weighted by molar-refractivity contribution is -0.130. The molecule has 1 aliphatic heterocycles. The highest BCUT2D eigenvalue weighted by molar-refractivity contribution is 5.85. The summed E-state index contributed by atoms with van der Waals surface area (Å²) in [4.78, 5) is 12.2. The van der Waals surface area contributed by atoms with Gasteiger partial charge in [-0.3, -0.25) is 4.79 Å². The molecule has 1 saturated carbocycles. The van der Waals surface area contributed by atoms with Gasteiger partial charge in [-0.2, -0.15) is 0 Å². The van der Waals surface area contributed by atoms with E-state index in [0.717, 1.165) is 45.1 Å². The Balaban J connectivity index is 1.92. The van der Waals surface area contributed by atoms with Crippen molar-refractivity contribution in [2.24, 2.45) is 11.1 Å². The minimum absolute atomic E-state index is 0.0321. The van der Waals surface area contributed by atoms with Crippen LogP contribution in [0.2, 0.25) is 0 Å². The van der Waals surface area contributed by atoms with Gasteiger partial charge in [-0.15, -0.1) is 0 Å². The molecule has 0 aromatic heterocycles. The first-order valence-electron chi connectivity index (χ1n) is 7.25. The van der Waals surface area contributed by atoms with E-state index in [9.17, 15) is 4.79 Å². The molecule has 1 aliphatic carbocycles. The average Bonchev–Trinajstić information content (AvgIpc) is 3.20. The van der Waals surface area contributed by atoms with E-state index in [-0.39, 0.29) is 23.0 Å². The summed E-state index contributed by atoms with van der Waals surface area (Å²) in [5.74, 6) is 0.165. The SMILES string of the molecule is CCC1(CC)CC(NC(=O)C2(CN)CC2)CCO1. The highest BCUT2D eigenvalue weighted by atomic mass is 16.5. The molecule has 3 N–H and O–H groups in total. The van der Waals surface area contributed by atoms with Gasteiger partial charge in [0.1, 0.15) is 0 Å². The van der Waals surface area contributed by atoms with Crippen molar-refractivity contribution >= 4 is 5.91 Å². The monoisotopic (exact) mass is 254 g/mol. The second kappa shape index (κ2) is 5.17. The van der Waals surface area contributed by atoms with Crippen LogP contribution in [0.25, 0.3) is 0 Å². The van der Waals surface area contributed by atoms with E-state index in [1.54, 1.807) is 0 Å². The number of nitrogens with one attached hydrogen (secondary N) is 1. The number of nitrogens with two attached hydrogens (primary N) is 1. The maximum absolute atomic E-state index is 12.2. The van der Waals surface area contributed by atoms with Crippen molar-refractivity contribution in [3.63, 3.8) is 0 Å². The van der Waals surface area contributed by atoms with E-state index in [2.05, 4.69) is 19.2 Å². The Bertz CT molecular complexity index is 309. The Hall–Kier alpha value is -0.610.